The summed E-state index contributed by atoms with van der Waals surface area (Å²) in [4.78, 5) is 25.1. The molecule has 7 nitrogen and oxygen atoms in total. The van der Waals surface area contributed by atoms with Gasteiger partial charge >= 0.3 is 12.1 Å². The van der Waals surface area contributed by atoms with Crippen LogP contribution in [0.25, 0.3) is 0 Å². The summed E-state index contributed by atoms with van der Waals surface area (Å²) in [5.74, 6) is -1.05. The van der Waals surface area contributed by atoms with Crippen LogP contribution in [0.3, 0.4) is 0 Å². The molecule has 1 saturated heterocycles. The fraction of sp³-hybridized carbons (Fsp3) is 0.625. The highest BCUT2D eigenvalue weighted by atomic mass is 35.5. The van der Waals surface area contributed by atoms with Crippen molar-refractivity contribution in [3.63, 3.8) is 0 Å². The quantitative estimate of drug-likeness (QED) is 0.898. The number of rotatable bonds is 3. The molecule has 2 rings (SSSR count). The number of aromatic nitrogens is 1. The molecule has 1 amide bonds. The van der Waals surface area contributed by atoms with Gasteiger partial charge in [-0.05, 0) is 33.8 Å². The summed E-state index contributed by atoms with van der Waals surface area (Å²) in [6.45, 7) is 8.66. The van der Waals surface area contributed by atoms with Gasteiger partial charge < -0.3 is 24.0 Å². The maximum Gasteiger partial charge on any atom is 0.410 e. The van der Waals surface area contributed by atoms with Gasteiger partial charge in [0.25, 0.3) is 0 Å². The zero-order chi connectivity index (χ0) is 18.1. The third-order valence-corrected chi connectivity index (χ3v) is 4.08. The Kier molecular flexibility index (Phi) is 5.45. The van der Waals surface area contributed by atoms with Crippen molar-refractivity contribution in [2.75, 3.05) is 19.7 Å². The number of halogens is 1. The Morgan fingerprint density at radius 1 is 1.46 bits per heavy atom. The second kappa shape index (κ2) is 7.03. The van der Waals surface area contributed by atoms with Crippen LogP contribution < -0.4 is 0 Å². The van der Waals surface area contributed by atoms with E-state index in [1.165, 1.54) is 6.07 Å². The molecule has 1 aromatic heterocycles. The van der Waals surface area contributed by atoms with E-state index in [2.05, 4.69) is 0 Å². The second-order valence-corrected chi connectivity index (χ2v) is 7.21. The number of carboxylic acids is 1. The molecule has 2 heterocycles. The van der Waals surface area contributed by atoms with Crippen LogP contribution in [0.4, 0.5) is 4.79 Å². The minimum Gasteiger partial charge on any atom is -0.477 e. The van der Waals surface area contributed by atoms with Crippen LogP contribution in [0.1, 0.15) is 37.0 Å². The first kappa shape index (κ1) is 18.6. The number of carbonyl (C=O) groups is 2. The van der Waals surface area contributed by atoms with E-state index in [0.29, 0.717) is 37.0 Å². The molecule has 0 saturated carbocycles. The summed E-state index contributed by atoms with van der Waals surface area (Å²) in [6, 6.07) is 1.42. The van der Waals surface area contributed by atoms with E-state index in [9.17, 15) is 14.7 Å². The van der Waals surface area contributed by atoms with E-state index in [1.54, 1.807) is 16.4 Å². The Morgan fingerprint density at radius 2 is 2.12 bits per heavy atom. The molecule has 0 aromatic carbocycles. The summed E-state index contributed by atoms with van der Waals surface area (Å²) in [5, 5.41) is 9.69. The molecule has 1 aliphatic rings. The zero-order valence-electron chi connectivity index (χ0n) is 14.3. The number of hydrogen-bond acceptors (Lipinski definition) is 4. The fourth-order valence-corrected chi connectivity index (χ4v) is 2.76. The highest BCUT2D eigenvalue weighted by molar-refractivity contribution is 6.31. The SMILES string of the molecule is Cc1c(Cl)cc(C(=O)O)n1C[C@@H]1CN(C(=O)OC(C)(C)C)CCO1. The first-order valence-electron chi connectivity index (χ1n) is 7.77. The monoisotopic (exact) mass is 358 g/mol. The van der Waals surface area contributed by atoms with Gasteiger partial charge in [-0.2, -0.15) is 0 Å². The minimum absolute atomic E-state index is 0.107. The highest BCUT2D eigenvalue weighted by Gasteiger charge is 2.29. The van der Waals surface area contributed by atoms with Crippen molar-refractivity contribution < 1.29 is 24.2 Å². The van der Waals surface area contributed by atoms with E-state index < -0.39 is 17.7 Å². The van der Waals surface area contributed by atoms with Crippen LogP contribution in [0.5, 0.6) is 0 Å². The molecule has 134 valence electrons. The molecule has 0 spiro atoms. The molecular weight excluding hydrogens is 336 g/mol. The number of nitrogens with zero attached hydrogens (tertiary/aromatic N) is 2. The van der Waals surface area contributed by atoms with Gasteiger partial charge in [-0.3, -0.25) is 0 Å². The molecule has 1 atom stereocenters. The lowest BCUT2D eigenvalue weighted by atomic mass is 10.2. The minimum atomic E-state index is -1.05. The van der Waals surface area contributed by atoms with Gasteiger partial charge in [0.05, 0.1) is 30.8 Å². The molecule has 1 aliphatic heterocycles. The summed E-state index contributed by atoms with van der Waals surface area (Å²) >= 11 is 6.04. The Hall–Kier alpha value is -1.73. The van der Waals surface area contributed by atoms with Crippen molar-refractivity contribution in [2.24, 2.45) is 0 Å². The van der Waals surface area contributed by atoms with Gasteiger partial charge in [-0.25, -0.2) is 9.59 Å². The zero-order valence-corrected chi connectivity index (χ0v) is 15.1. The first-order valence-corrected chi connectivity index (χ1v) is 8.14. The van der Waals surface area contributed by atoms with Gasteiger partial charge in [-0.15, -0.1) is 0 Å². The molecule has 1 aromatic rings. The van der Waals surface area contributed by atoms with Crippen molar-refractivity contribution in [1.82, 2.24) is 9.47 Å². The van der Waals surface area contributed by atoms with Gasteiger partial charge in [0.2, 0.25) is 0 Å². The maximum absolute atomic E-state index is 12.2. The van der Waals surface area contributed by atoms with E-state index in [-0.39, 0.29) is 11.8 Å². The first-order chi connectivity index (χ1) is 11.1. The molecule has 0 radical (unpaired) electrons. The molecule has 1 N–H and O–H groups in total. The Morgan fingerprint density at radius 3 is 2.71 bits per heavy atom. The third-order valence-electron chi connectivity index (χ3n) is 3.70. The van der Waals surface area contributed by atoms with Crippen molar-refractivity contribution in [2.45, 2.75) is 45.9 Å². The molecule has 0 aliphatic carbocycles. The second-order valence-electron chi connectivity index (χ2n) is 6.80. The molecule has 0 unspecified atom stereocenters. The average Bonchev–Trinajstić information content (AvgIpc) is 2.74. The largest absolute Gasteiger partial charge is 0.477 e. The number of ether oxygens (including phenoxy) is 2. The summed E-state index contributed by atoms with van der Waals surface area (Å²) in [5.41, 5.74) is 0.203. The van der Waals surface area contributed by atoms with Crippen LogP contribution in [-0.2, 0) is 16.0 Å². The van der Waals surface area contributed by atoms with Crippen LogP contribution >= 0.6 is 11.6 Å². The highest BCUT2D eigenvalue weighted by Crippen LogP contribution is 2.22. The molecular formula is C16H23ClN2O5. The number of carboxylic acid groups (broad SMARTS) is 1. The van der Waals surface area contributed by atoms with Gasteiger partial charge in [-0.1, -0.05) is 11.6 Å². The number of carbonyl (C=O) groups excluding carboxylic acids is 1. The Bertz CT molecular complexity index is 635. The molecule has 0 bridgehead atoms. The Labute approximate surface area is 146 Å². The maximum atomic E-state index is 12.2. The van der Waals surface area contributed by atoms with Crippen LogP contribution in [0.15, 0.2) is 6.07 Å². The number of morpholine rings is 1. The van der Waals surface area contributed by atoms with E-state index in [4.69, 9.17) is 21.1 Å². The fourth-order valence-electron chi connectivity index (χ4n) is 2.55. The van der Waals surface area contributed by atoms with Crippen molar-refractivity contribution in [3.05, 3.63) is 22.5 Å². The topological polar surface area (TPSA) is 81.0 Å². The number of aromatic carboxylic acids is 1. The smallest absolute Gasteiger partial charge is 0.410 e. The lowest BCUT2D eigenvalue weighted by Gasteiger charge is -2.34. The lowest BCUT2D eigenvalue weighted by Crippen LogP contribution is -2.48. The van der Waals surface area contributed by atoms with Gasteiger partial charge in [0, 0.05) is 12.2 Å². The van der Waals surface area contributed by atoms with Crippen LogP contribution in [-0.4, -0.2) is 58.0 Å². The average molecular weight is 359 g/mol. The molecule has 1 fully saturated rings. The van der Waals surface area contributed by atoms with Crippen molar-refractivity contribution >= 4 is 23.7 Å². The van der Waals surface area contributed by atoms with Gasteiger partial charge in [0.1, 0.15) is 11.3 Å². The van der Waals surface area contributed by atoms with Crippen LogP contribution in [0.2, 0.25) is 5.02 Å². The predicted molar refractivity (Wildman–Crippen MR) is 88.7 cm³/mol. The molecule has 8 heteroatoms. The van der Waals surface area contributed by atoms with Crippen LogP contribution in [0, 0.1) is 6.92 Å². The number of amides is 1. The van der Waals surface area contributed by atoms with Gasteiger partial charge in [0.15, 0.2) is 0 Å². The lowest BCUT2D eigenvalue weighted by molar-refractivity contribution is -0.0476. The van der Waals surface area contributed by atoms with E-state index in [1.807, 2.05) is 20.8 Å². The van der Waals surface area contributed by atoms with Crippen molar-refractivity contribution in [3.8, 4) is 0 Å². The summed E-state index contributed by atoms with van der Waals surface area (Å²) in [7, 11) is 0. The number of hydrogen-bond donors (Lipinski definition) is 1. The standard InChI is InChI=1S/C16H23ClN2O5/c1-10-12(17)7-13(14(20)21)19(10)9-11-8-18(5-6-23-11)15(22)24-16(2,3)4/h7,11H,5-6,8-9H2,1-4H3,(H,20,21)/t11-/m0/s1. The Balaban J connectivity index is 2.09. The van der Waals surface area contributed by atoms with Crippen molar-refractivity contribution in [1.29, 1.82) is 0 Å². The summed E-state index contributed by atoms with van der Waals surface area (Å²) < 4.78 is 12.7. The predicted octanol–water partition coefficient (Wildman–Crippen LogP) is 2.78. The molecule has 24 heavy (non-hydrogen) atoms. The van der Waals surface area contributed by atoms with E-state index in [0.717, 1.165) is 0 Å². The third kappa shape index (κ3) is 4.42. The van der Waals surface area contributed by atoms with E-state index >= 15 is 0 Å². The normalized spacial score (nSPS) is 18.5. The summed E-state index contributed by atoms with van der Waals surface area (Å²) in [6.07, 6.45) is -0.719.